The third-order valence-electron chi connectivity index (χ3n) is 2.40. The lowest BCUT2D eigenvalue weighted by Crippen LogP contribution is -2.08. The Labute approximate surface area is 98.1 Å². The number of hydrogen-bond acceptors (Lipinski definition) is 5. The summed E-state index contributed by atoms with van der Waals surface area (Å²) in [4.78, 5) is 0. The van der Waals surface area contributed by atoms with Gasteiger partial charge in [-0.05, 0) is 12.5 Å². The Morgan fingerprint density at radius 2 is 2.25 bits per heavy atom. The molecule has 1 aromatic heterocycles. The number of anilines is 1. The third kappa shape index (κ3) is 2.30. The molecule has 0 saturated heterocycles. The van der Waals surface area contributed by atoms with Gasteiger partial charge in [-0.25, -0.2) is 0 Å². The lowest BCUT2D eigenvalue weighted by Gasteiger charge is -2.17. The fourth-order valence-corrected chi connectivity index (χ4v) is 2.06. The second kappa shape index (κ2) is 4.94. The van der Waals surface area contributed by atoms with Crippen molar-refractivity contribution in [3.05, 3.63) is 36.0 Å². The number of benzene rings is 1. The number of nitrogens with zero attached hydrogens (tertiary/aromatic N) is 2. The van der Waals surface area contributed by atoms with Gasteiger partial charge in [-0.1, -0.05) is 29.6 Å². The molecule has 2 rings (SSSR count). The maximum atomic E-state index is 9.77. The van der Waals surface area contributed by atoms with Crippen LogP contribution in [0.4, 0.5) is 5.00 Å². The summed E-state index contributed by atoms with van der Waals surface area (Å²) < 4.78 is 3.79. The number of hydrogen-bond donors (Lipinski definition) is 2. The van der Waals surface area contributed by atoms with Gasteiger partial charge >= 0.3 is 0 Å². The second-order valence-electron chi connectivity index (χ2n) is 3.45. The molecular formula is C11H13N3OS. The molecule has 5 heteroatoms. The average Bonchev–Trinajstić information content (AvgIpc) is 2.80. The summed E-state index contributed by atoms with van der Waals surface area (Å²) in [5.41, 5.74) is 0.901. The number of rotatable bonds is 4. The minimum absolute atomic E-state index is 0.0865. The maximum Gasteiger partial charge on any atom is 0.130 e. The molecule has 0 aliphatic heterocycles. The Morgan fingerprint density at radius 3 is 2.88 bits per heavy atom. The molecule has 0 radical (unpaired) electrons. The van der Waals surface area contributed by atoms with Crippen LogP contribution in [0.15, 0.2) is 30.5 Å². The van der Waals surface area contributed by atoms with Gasteiger partial charge in [0.05, 0.1) is 12.2 Å². The highest BCUT2D eigenvalue weighted by atomic mass is 32.1. The van der Waals surface area contributed by atoms with Crippen LogP contribution in [0.1, 0.15) is 24.9 Å². The summed E-state index contributed by atoms with van der Waals surface area (Å²) >= 11 is 1.31. The Balaban J connectivity index is 2.20. The zero-order valence-corrected chi connectivity index (χ0v) is 9.74. The first-order chi connectivity index (χ1) is 7.81. The number of aromatic hydroxyl groups is 1. The first kappa shape index (κ1) is 10.9. The van der Waals surface area contributed by atoms with Crippen molar-refractivity contribution >= 4 is 16.5 Å². The zero-order valence-electron chi connectivity index (χ0n) is 8.92. The Kier molecular flexibility index (Phi) is 3.36. The molecule has 0 spiro atoms. The monoisotopic (exact) mass is 235 g/mol. The lowest BCUT2D eigenvalue weighted by atomic mass is 10.0. The summed E-state index contributed by atoms with van der Waals surface area (Å²) in [5.74, 6) is 0.319. The van der Waals surface area contributed by atoms with E-state index in [4.69, 9.17) is 0 Å². The van der Waals surface area contributed by atoms with Gasteiger partial charge in [-0.15, -0.1) is 5.10 Å². The molecule has 0 saturated carbocycles. The number of phenolic OH excluding ortho intramolecular Hbond substituents is 1. The topological polar surface area (TPSA) is 58.0 Å². The van der Waals surface area contributed by atoms with E-state index in [0.717, 1.165) is 17.0 Å². The molecule has 16 heavy (non-hydrogen) atoms. The molecule has 1 unspecified atom stereocenters. The van der Waals surface area contributed by atoms with Crippen molar-refractivity contribution in [2.75, 3.05) is 5.32 Å². The van der Waals surface area contributed by atoms with Gasteiger partial charge in [0.25, 0.3) is 0 Å². The quantitative estimate of drug-likeness (QED) is 0.855. The SMILES string of the molecule is CCC(Nc1cnns1)c1ccccc1O. The van der Waals surface area contributed by atoms with Gasteiger partial charge in [-0.3, -0.25) is 0 Å². The smallest absolute Gasteiger partial charge is 0.130 e. The Morgan fingerprint density at radius 1 is 1.44 bits per heavy atom. The van der Waals surface area contributed by atoms with Crippen LogP contribution < -0.4 is 5.32 Å². The van der Waals surface area contributed by atoms with Crippen LogP contribution in [0.2, 0.25) is 0 Å². The van der Waals surface area contributed by atoms with E-state index in [2.05, 4.69) is 21.8 Å². The molecule has 1 atom stereocenters. The van der Waals surface area contributed by atoms with Gasteiger partial charge in [0, 0.05) is 17.1 Å². The predicted molar refractivity (Wildman–Crippen MR) is 64.7 cm³/mol. The highest BCUT2D eigenvalue weighted by Crippen LogP contribution is 2.29. The average molecular weight is 235 g/mol. The summed E-state index contributed by atoms with van der Waals surface area (Å²) in [7, 11) is 0. The van der Waals surface area contributed by atoms with Gasteiger partial charge in [0.15, 0.2) is 0 Å². The van der Waals surface area contributed by atoms with E-state index >= 15 is 0 Å². The molecule has 2 N–H and O–H groups in total. The van der Waals surface area contributed by atoms with Crippen LogP contribution in [0.3, 0.4) is 0 Å². The Hall–Kier alpha value is -1.62. The standard InChI is InChI=1S/C11H13N3OS/c1-2-9(13-11-7-12-14-16-11)8-5-3-4-6-10(8)15/h3-7,9,13,15H,2H2,1H3. The first-order valence-electron chi connectivity index (χ1n) is 5.13. The first-order valence-corrected chi connectivity index (χ1v) is 5.90. The third-order valence-corrected chi connectivity index (χ3v) is 2.99. The molecule has 84 valence electrons. The molecule has 4 nitrogen and oxygen atoms in total. The molecule has 1 heterocycles. The van der Waals surface area contributed by atoms with Crippen molar-refractivity contribution in [2.45, 2.75) is 19.4 Å². The van der Waals surface area contributed by atoms with E-state index in [-0.39, 0.29) is 6.04 Å². The summed E-state index contributed by atoms with van der Waals surface area (Å²) in [6.07, 6.45) is 2.57. The second-order valence-corrected chi connectivity index (χ2v) is 4.23. The molecule has 0 fully saturated rings. The van der Waals surface area contributed by atoms with E-state index in [9.17, 15) is 5.11 Å². The highest BCUT2D eigenvalue weighted by molar-refractivity contribution is 7.09. The molecule has 0 amide bonds. The fraction of sp³-hybridized carbons (Fsp3) is 0.273. The summed E-state index contributed by atoms with van der Waals surface area (Å²) in [6.45, 7) is 2.07. The van der Waals surface area contributed by atoms with Crippen molar-refractivity contribution in [3.63, 3.8) is 0 Å². The van der Waals surface area contributed by atoms with Gasteiger partial charge in [0.1, 0.15) is 10.8 Å². The van der Waals surface area contributed by atoms with E-state index < -0.39 is 0 Å². The van der Waals surface area contributed by atoms with Crippen molar-refractivity contribution in [1.82, 2.24) is 9.59 Å². The van der Waals surface area contributed by atoms with E-state index in [1.165, 1.54) is 11.5 Å². The maximum absolute atomic E-state index is 9.77. The summed E-state index contributed by atoms with van der Waals surface area (Å²) in [5, 5.41) is 17.8. The van der Waals surface area contributed by atoms with Crippen LogP contribution >= 0.6 is 11.5 Å². The normalized spacial score (nSPS) is 12.3. The number of aromatic nitrogens is 2. The van der Waals surface area contributed by atoms with Crippen molar-refractivity contribution in [1.29, 1.82) is 0 Å². The minimum atomic E-state index is 0.0865. The molecule has 0 aliphatic carbocycles. The largest absolute Gasteiger partial charge is 0.508 e. The van der Waals surface area contributed by atoms with Gasteiger partial charge in [-0.2, -0.15) is 0 Å². The lowest BCUT2D eigenvalue weighted by molar-refractivity contribution is 0.463. The van der Waals surface area contributed by atoms with Gasteiger partial charge < -0.3 is 10.4 Å². The van der Waals surface area contributed by atoms with Crippen molar-refractivity contribution in [3.8, 4) is 5.75 Å². The zero-order chi connectivity index (χ0) is 11.4. The molecule has 0 bridgehead atoms. The van der Waals surface area contributed by atoms with Crippen LogP contribution in [0.5, 0.6) is 5.75 Å². The van der Waals surface area contributed by atoms with Crippen LogP contribution in [0.25, 0.3) is 0 Å². The fourth-order valence-electron chi connectivity index (χ4n) is 1.58. The van der Waals surface area contributed by atoms with Crippen LogP contribution in [-0.2, 0) is 0 Å². The van der Waals surface area contributed by atoms with Crippen molar-refractivity contribution in [2.24, 2.45) is 0 Å². The predicted octanol–water partition coefficient (Wildman–Crippen LogP) is 2.81. The van der Waals surface area contributed by atoms with E-state index in [1.807, 2.05) is 18.2 Å². The van der Waals surface area contributed by atoms with E-state index in [1.54, 1.807) is 12.3 Å². The van der Waals surface area contributed by atoms with Crippen LogP contribution in [-0.4, -0.2) is 14.7 Å². The molecular weight excluding hydrogens is 222 g/mol. The van der Waals surface area contributed by atoms with Crippen LogP contribution in [0, 0.1) is 0 Å². The number of para-hydroxylation sites is 1. The number of phenols is 1. The van der Waals surface area contributed by atoms with Gasteiger partial charge in [0.2, 0.25) is 0 Å². The van der Waals surface area contributed by atoms with E-state index in [0.29, 0.717) is 5.75 Å². The number of nitrogens with one attached hydrogen (secondary N) is 1. The minimum Gasteiger partial charge on any atom is -0.508 e. The van der Waals surface area contributed by atoms with Crippen molar-refractivity contribution < 1.29 is 5.11 Å². The molecule has 1 aromatic carbocycles. The highest BCUT2D eigenvalue weighted by Gasteiger charge is 2.13. The molecule has 0 aliphatic rings. The molecule has 2 aromatic rings. The Bertz CT molecular complexity index is 444. The summed E-state index contributed by atoms with van der Waals surface area (Å²) in [6, 6.07) is 7.45.